The van der Waals surface area contributed by atoms with Crippen molar-refractivity contribution in [3.05, 3.63) is 52.6 Å². The third kappa shape index (κ3) is 3.93. The number of hydrogen-bond acceptors (Lipinski definition) is 2. The van der Waals surface area contributed by atoms with Gasteiger partial charge in [-0.3, -0.25) is 0 Å². The van der Waals surface area contributed by atoms with Crippen LogP contribution in [-0.2, 0) is 0 Å². The van der Waals surface area contributed by atoms with Crippen LogP contribution in [0.25, 0.3) is 0 Å². The fourth-order valence-electron chi connectivity index (χ4n) is 1.31. The van der Waals surface area contributed by atoms with Crippen LogP contribution < -0.4 is 10.6 Å². The number of thiocarbonyl (C=S) groups is 1. The minimum atomic E-state index is -0.715. The lowest BCUT2D eigenvalue weighted by Gasteiger charge is -2.10. The topological polar surface area (TPSA) is 37.0 Å². The molecule has 2 rings (SSSR count). The van der Waals surface area contributed by atoms with Crippen molar-refractivity contribution in [3.8, 4) is 0 Å². The summed E-state index contributed by atoms with van der Waals surface area (Å²) in [7, 11) is 0. The summed E-state index contributed by atoms with van der Waals surface area (Å²) < 4.78 is 27.0. The monoisotopic (exact) mass is 343 g/mol. The molecule has 0 bridgehead atoms. The molecule has 0 amide bonds. The molecule has 1 aromatic carbocycles. The zero-order chi connectivity index (χ0) is 13.8. The molecular formula is C12H8BrF2N3S. The maximum atomic E-state index is 13.4. The van der Waals surface area contributed by atoms with Crippen molar-refractivity contribution in [2.24, 2.45) is 0 Å². The number of aromatic nitrogens is 1. The smallest absolute Gasteiger partial charge is 0.176 e. The Bertz CT molecular complexity index is 604. The highest BCUT2D eigenvalue weighted by Gasteiger charge is 2.06. The molecule has 2 aromatic rings. The lowest BCUT2D eigenvalue weighted by Crippen LogP contribution is -2.20. The van der Waals surface area contributed by atoms with Gasteiger partial charge in [0.25, 0.3) is 0 Å². The second kappa shape index (κ2) is 6.03. The molecule has 0 aliphatic carbocycles. The van der Waals surface area contributed by atoms with E-state index in [0.29, 0.717) is 5.82 Å². The normalized spacial score (nSPS) is 10.1. The molecule has 0 fully saturated rings. The largest absolute Gasteiger partial charge is 0.330 e. The summed E-state index contributed by atoms with van der Waals surface area (Å²) >= 11 is 8.27. The number of anilines is 2. The molecule has 19 heavy (non-hydrogen) atoms. The Balaban J connectivity index is 2.03. The lowest BCUT2D eigenvalue weighted by atomic mass is 10.3. The standard InChI is InChI=1S/C12H8BrF2N3S/c13-7-1-4-11(16-6-7)18-12(19)17-10-3-2-8(14)5-9(10)15/h1-6H,(H2,16,17,18,19). The minimum absolute atomic E-state index is 0.0935. The van der Waals surface area contributed by atoms with Crippen LogP contribution in [-0.4, -0.2) is 10.1 Å². The van der Waals surface area contributed by atoms with Crippen LogP contribution in [0.2, 0.25) is 0 Å². The first-order valence-corrected chi connectivity index (χ1v) is 6.39. The third-order valence-electron chi connectivity index (χ3n) is 2.15. The highest BCUT2D eigenvalue weighted by atomic mass is 79.9. The number of rotatable bonds is 2. The number of pyridine rings is 1. The van der Waals surface area contributed by atoms with E-state index in [2.05, 4.69) is 31.5 Å². The maximum Gasteiger partial charge on any atom is 0.176 e. The van der Waals surface area contributed by atoms with E-state index in [1.165, 1.54) is 6.07 Å². The second-order valence-electron chi connectivity index (χ2n) is 3.56. The molecule has 0 aliphatic heterocycles. The predicted octanol–water partition coefficient (Wildman–Crippen LogP) is 3.93. The summed E-state index contributed by atoms with van der Waals surface area (Å²) in [4.78, 5) is 4.06. The molecule has 1 heterocycles. The van der Waals surface area contributed by atoms with Gasteiger partial charge in [-0.05, 0) is 52.4 Å². The van der Waals surface area contributed by atoms with E-state index in [1.807, 2.05) is 0 Å². The molecule has 0 radical (unpaired) electrons. The fraction of sp³-hybridized carbons (Fsp3) is 0. The van der Waals surface area contributed by atoms with E-state index < -0.39 is 11.6 Å². The molecule has 3 nitrogen and oxygen atoms in total. The summed E-state index contributed by atoms with van der Waals surface area (Å²) in [5.74, 6) is -0.840. The van der Waals surface area contributed by atoms with Gasteiger partial charge < -0.3 is 10.6 Å². The number of hydrogen-bond donors (Lipinski definition) is 2. The Morgan fingerprint density at radius 2 is 1.95 bits per heavy atom. The van der Waals surface area contributed by atoms with Crippen LogP contribution in [0.4, 0.5) is 20.3 Å². The van der Waals surface area contributed by atoms with Crippen LogP contribution in [0.5, 0.6) is 0 Å². The van der Waals surface area contributed by atoms with Gasteiger partial charge in [0.05, 0.1) is 5.69 Å². The fourth-order valence-corrected chi connectivity index (χ4v) is 1.76. The minimum Gasteiger partial charge on any atom is -0.330 e. The second-order valence-corrected chi connectivity index (χ2v) is 4.89. The number of nitrogens with one attached hydrogen (secondary N) is 2. The first-order valence-electron chi connectivity index (χ1n) is 5.19. The van der Waals surface area contributed by atoms with Gasteiger partial charge in [-0.1, -0.05) is 0 Å². The van der Waals surface area contributed by atoms with Crippen LogP contribution >= 0.6 is 28.1 Å². The van der Waals surface area contributed by atoms with Gasteiger partial charge in [-0.2, -0.15) is 0 Å². The Kier molecular flexibility index (Phi) is 4.39. The number of nitrogens with zero attached hydrogens (tertiary/aromatic N) is 1. The van der Waals surface area contributed by atoms with Gasteiger partial charge in [0.2, 0.25) is 0 Å². The molecule has 0 aliphatic rings. The van der Waals surface area contributed by atoms with Crippen molar-refractivity contribution < 1.29 is 8.78 Å². The Morgan fingerprint density at radius 3 is 2.58 bits per heavy atom. The summed E-state index contributed by atoms with van der Waals surface area (Å²) in [5.41, 5.74) is 0.0935. The molecule has 2 N–H and O–H groups in total. The summed E-state index contributed by atoms with van der Waals surface area (Å²) in [6.45, 7) is 0. The van der Waals surface area contributed by atoms with Gasteiger partial charge in [0.15, 0.2) is 5.11 Å². The van der Waals surface area contributed by atoms with Gasteiger partial charge in [0, 0.05) is 16.7 Å². The Hall–Kier alpha value is -1.60. The quantitative estimate of drug-likeness (QED) is 0.810. The predicted molar refractivity (Wildman–Crippen MR) is 78.1 cm³/mol. The van der Waals surface area contributed by atoms with E-state index in [4.69, 9.17) is 12.2 Å². The summed E-state index contributed by atoms with van der Waals surface area (Å²) in [6.07, 6.45) is 1.60. The Labute approximate surface area is 122 Å². The zero-order valence-electron chi connectivity index (χ0n) is 9.45. The van der Waals surface area contributed by atoms with Crippen molar-refractivity contribution in [2.75, 3.05) is 10.6 Å². The molecule has 0 atom stereocenters. The van der Waals surface area contributed by atoms with Crippen molar-refractivity contribution in [1.82, 2.24) is 4.98 Å². The first kappa shape index (κ1) is 13.8. The number of benzene rings is 1. The van der Waals surface area contributed by atoms with E-state index in [1.54, 1.807) is 18.3 Å². The third-order valence-corrected chi connectivity index (χ3v) is 2.82. The van der Waals surface area contributed by atoms with Crippen LogP contribution in [0.1, 0.15) is 0 Å². The van der Waals surface area contributed by atoms with Gasteiger partial charge >= 0.3 is 0 Å². The molecule has 0 saturated heterocycles. The van der Waals surface area contributed by atoms with Gasteiger partial charge in [-0.25, -0.2) is 13.8 Å². The van der Waals surface area contributed by atoms with Crippen LogP contribution in [0.3, 0.4) is 0 Å². The molecular weight excluding hydrogens is 336 g/mol. The van der Waals surface area contributed by atoms with Gasteiger partial charge in [0.1, 0.15) is 17.5 Å². The average molecular weight is 344 g/mol. The molecule has 7 heteroatoms. The van der Waals surface area contributed by atoms with Gasteiger partial charge in [-0.15, -0.1) is 0 Å². The molecule has 0 saturated carbocycles. The maximum absolute atomic E-state index is 13.4. The van der Waals surface area contributed by atoms with E-state index >= 15 is 0 Å². The molecule has 0 unspecified atom stereocenters. The SMILES string of the molecule is Fc1ccc(NC(=S)Nc2ccc(Br)cn2)c(F)c1. The highest BCUT2D eigenvalue weighted by molar-refractivity contribution is 9.10. The van der Waals surface area contributed by atoms with Crippen molar-refractivity contribution in [3.63, 3.8) is 0 Å². The van der Waals surface area contributed by atoms with Crippen molar-refractivity contribution in [2.45, 2.75) is 0 Å². The summed E-state index contributed by atoms with van der Waals surface area (Å²) in [6, 6.07) is 6.69. The highest BCUT2D eigenvalue weighted by Crippen LogP contribution is 2.16. The molecule has 98 valence electrons. The van der Waals surface area contributed by atoms with Crippen molar-refractivity contribution in [1.29, 1.82) is 0 Å². The molecule has 0 spiro atoms. The lowest BCUT2D eigenvalue weighted by molar-refractivity contribution is 0.586. The van der Waals surface area contributed by atoms with Crippen LogP contribution in [0.15, 0.2) is 41.0 Å². The van der Waals surface area contributed by atoms with E-state index in [9.17, 15) is 8.78 Å². The van der Waals surface area contributed by atoms with Crippen molar-refractivity contribution >= 4 is 44.8 Å². The van der Waals surface area contributed by atoms with E-state index in [0.717, 1.165) is 16.6 Å². The average Bonchev–Trinajstić information content (AvgIpc) is 2.36. The molecule has 1 aromatic heterocycles. The summed E-state index contributed by atoms with van der Waals surface area (Å²) in [5, 5.41) is 5.58. The Morgan fingerprint density at radius 1 is 1.16 bits per heavy atom. The first-order chi connectivity index (χ1) is 9.04. The van der Waals surface area contributed by atoms with E-state index in [-0.39, 0.29) is 10.8 Å². The zero-order valence-corrected chi connectivity index (χ0v) is 11.9. The number of halogens is 3. The van der Waals surface area contributed by atoms with Crippen LogP contribution in [0, 0.1) is 11.6 Å².